The molecule has 0 heterocycles. The van der Waals surface area contributed by atoms with Gasteiger partial charge in [0.2, 0.25) is 0 Å². The molecule has 2 aliphatic carbocycles. The fraction of sp³-hybridized carbons (Fsp3) is 0.500. The molecule has 2 fully saturated rings. The minimum absolute atomic E-state index is 0.0410. The Morgan fingerprint density at radius 2 is 1.56 bits per heavy atom. The molecule has 144 valence electrons. The number of nitrogens with zero attached hydrogens (tertiary/aromatic N) is 1. The van der Waals surface area contributed by atoms with E-state index >= 15 is 0 Å². The molecule has 2 aliphatic rings. The van der Waals surface area contributed by atoms with Gasteiger partial charge in [0.15, 0.2) is 0 Å². The third-order valence-electron chi connectivity index (χ3n) is 6.45. The lowest BCUT2D eigenvalue weighted by Crippen LogP contribution is -2.29. The number of ether oxygens (including phenoxy) is 1. The smallest absolute Gasteiger partial charge is 0.119 e. The number of rotatable bonds is 7. The first-order valence-corrected chi connectivity index (χ1v) is 10.3. The first-order valence-electron chi connectivity index (χ1n) is 10.3. The summed E-state index contributed by atoms with van der Waals surface area (Å²) >= 11 is 0. The van der Waals surface area contributed by atoms with Gasteiger partial charge in [-0.1, -0.05) is 42.5 Å². The van der Waals surface area contributed by atoms with Crippen LogP contribution in [0.2, 0.25) is 0 Å². The lowest BCUT2D eigenvalue weighted by Gasteiger charge is -2.25. The molecule has 2 saturated carbocycles. The Kier molecular flexibility index (Phi) is 5.80. The standard InChI is InChI=1S/C24H31NO2/c1-25(22-13-20-15-23(26)16-21(20)14-22)17-19-7-9-24(10-8-19)27-12-11-18-5-3-2-4-6-18/h2-10,20-23,26H,11-17H2,1H3/t20-,21+,22?,23?. The van der Waals surface area contributed by atoms with Crippen LogP contribution >= 0.6 is 0 Å². The average molecular weight is 366 g/mol. The van der Waals surface area contributed by atoms with Gasteiger partial charge >= 0.3 is 0 Å². The Hall–Kier alpha value is -1.84. The molecule has 0 amide bonds. The topological polar surface area (TPSA) is 32.7 Å². The molecule has 0 radical (unpaired) electrons. The molecule has 0 aliphatic heterocycles. The molecule has 2 aromatic carbocycles. The number of aliphatic hydroxyl groups excluding tert-OH is 1. The predicted octanol–water partition coefficient (Wildman–Crippen LogP) is 4.29. The summed E-state index contributed by atoms with van der Waals surface area (Å²) in [6.45, 7) is 1.69. The van der Waals surface area contributed by atoms with Crippen molar-refractivity contribution < 1.29 is 9.84 Å². The first-order chi connectivity index (χ1) is 13.2. The highest BCUT2D eigenvalue weighted by molar-refractivity contribution is 5.27. The minimum atomic E-state index is -0.0410. The van der Waals surface area contributed by atoms with Crippen LogP contribution in [0.5, 0.6) is 5.75 Å². The van der Waals surface area contributed by atoms with Gasteiger partial charge in [-0.25, -0.2) is 0 Å². The number of hydrogen-bond donors (Lipinski definition) is 1. The van der Waals surface area contributed by atoms with E-state index in [-0.39, 0.29) is 6.10 Å². The second-order valence-corrected chi connectivity index (χ2v) is 8.41. The van der Waals surface area contributed by atoms with Crippen LogP contribution < -0.4 is 4.74 Å². The molecule has 0 bridgehead atoms. The van der Waals surface area contributed by atoms with Crippen LogP contribution in [0, 0.1) is 11.8 Å². The molecule has 2 unspecified atom stereocenters. The van der Waals surface area contributed by atoms with E-state index in [1.165, 1.54) is 24.0 Å². The van der Waals surface area contributed by atoms with E-state index in [1.54, 1.807) is 0 Å². The number of benzene rings is 2. The molecule has 0 saturated heterocycles. The predicted molar refractivity (Wildman–Crippen MR) is 109 cm³/mol. The summed E-state index contributed by atoms with van der Waals surface area (Å²) < 4.78 is 5.89. The second kappa shape index (κ2) is 8.45. The average Bonchev–Trinajstić information content (AvgIpc) is 3.21. The van der Waals surface area contributed by atoms with Crippen LogP contribution in [0.25, 0.3) is 0 Å². The first kappa shape index (κ1) is 18.5. The van der Waals surface area contributed by atoms with Gasteiger partial charge < -0.3 is 9.84 Å². The fourth-order valence-corrected chi connectivity index (χ4v) is 4.95. The zero-order valence-corrected chi connectivity index (χ0v) is 16.3. The molecular formula is C24H31NO2. The Morgan fingerprint density at radius 1 is 0.889 bits per heavy atom. The lowest BCUT2D eigenvalue weighted by atomic mass is 10.0. The molecule has 1 N–H and O–H groups in total. The zero-order valence-electron chi connectivity index (χ0n) is 16.3. The van der Waals surface area contributed by atoms with Crippen molar-refractivity contribution in [1.82, 2.24) is 4.90 Å². The van der Waals surface area contributed by atoms with E-state index in [0.29, 0.717) is 12.6 Å². The Morgan fingerprint density at radius 3 is 2.22 bits per heavy atom. The maximum Gasteiger partial charge on any atom is 0.119 e. The zero-order chi connectivity index (χ0) is 18.6. The van der Waals surface area contributed by atoms with Gasteiger partial charge in [0.05, 0.1) is 12.7 Å². The number of fused-ring (bicyclic) bond motifs is 1. The maximum atomic E-state index is 9.82. The second-order valence-electron chi connectivity index (χ2n) is 8.41. The highest BCUT2D eigenvalue weighted by Crippen LogP contribution is 2.45. The van der Waals surface area contributed by atoms with Crippen LogP contribution in [0.15, 0.2) is 54.6 Å². The Bertz CT molecular complexity index is 701. The van der Waals surface area contributed by atoms with Gasteiger partial charge in [-0.3, -0.25) is 4.90 Å². The van der Waals surface area contributed by atoms with Crippen LogP contribution in [0.3, 0.4) is 0 Å². The van der Waals surface area contributed by atoms with Crippen molar-refractivity contribution >= 4 is 0 Å². The van der Waals surface area contributed by atoms with Gasteiger partial charge in [0, 0.05) is 19.0 Å². The molecule has 0 aromatic heterocycles. The largest absolute Gasteiger partial charge is 0.493 e. The monoisotopic (exact) mass is 365 g/mol. The molecule has 0 spiro atoms. The van der Waals surface area contributed by atoms with Crippen molar-refractivity contribution in [2.45, 2.75) is 50.8 Å². The van der Waals surface area contributed by atoms with Crippen LogP contribution in [0.4, 0.5) is 0 Å². The summed E-state index contributed by atoms with van der Waals surface area (Å²) in [5.41, 5.74) is 2.65. The van der Waals surface area contributed by atoms with E-state index in [1.807, 2.05) is 6.07 Å². The van der Waals surface area contributed by atoms with E-state index in [4.69, 9.17) is 4.74 Å². The minimum Gasteiger partial charge on any atom is -0.493 e. The van der Waals surface area contributed by atoms with Crippen LogP contribution in [-0.2, 0) is 13.0 Å². The number of hydrogen-bond acceptors (Lipinski definition) is 3. The highest BCUT2D eigenvalue weighted by Gasteiger charge is 2.42. The van der Waals surface area contributed by atoms with Gasteiger partial charge in [-0.15, -0.1) is 0 Å². The van der Waals surface area contributed by atoms with E-state index < -0.39 is 0 Å². The van der Waals surface area contributed by atoms with Crippen LogP contribution in [-0.4, -0.2) is 35.8 Å². The van der Waals surface area contributed by atoms with Crippen molar-refractivity contribution in [3.8, 4) is 5.75 Å². The lowest BCUT2D eigenvalue weighted by molar-refractivity contribution is 0.158. The third-order valence-corrected chi connectivity index (χ3v) is 6.45. The molecule has 3 heteroatoms. The Balaban J connectivity index is 1.23. The summed E-state index contributed by atoms with van der Waals surface area (Å²) in [6.07, 6.45) is 5.43. The fourth-order valence-electron chi connectivity index (χ4n) is 4.95. The van der Waals surface area contributed by atoms with Crippen molar-refractivity contribution in [3.63, 3.8) is 0 Å². The summed E-state index contributed by atoms with van der Waals surface area (Å²) in [6, 6.07) is 19.7. The van der Waals surface area contributed by atoms with Crippen molar-refractivity contribution in [2.24, 2.45) is 11.8 Å². The van der Waals surface area contributed by atoms with Crippen molar-refractivity contribution in [3.05, 3.63) is 65.7 Å². The quantitative estimate of drug-likeness (QED) is 0.794. The van der Waals surface area contributed by atoms with E-state index in [2.05, 4.69) is 60.5 Å². The van der Waals surface area contributed by atoms with E-state index in [0.717, 1.165) is 43.4 Å². The van der Waals surface area contributed by atoms with E-state index in [9.17, 15) is 5.11 Å². The highest BCUT2D eigenvalue weighted by atomic mass is 16.5. The van der Waals surface area contributed by atoms with Crippen LogP contribution in [0.1, 0.15) is 36.8 Å². The number of aliphatic hydroxyl groups is 1. The summed E-state index contributed by atoms with van der Waals surface area (Å²) in [7, 11) is 2.24. The van der Waals surface area contributed by atoms with Crippen molar-refractivity contribution in [2.75, 3.05) is 13.7 Å². The summed E-state index contributed by atoms with van der Waals surface area (Å²) in [5, 5.41) is 9.82. The molecule has 27 heavy (non-hydrogen) atoms. The molecular weight excluding hydrogens is 334 g/mol. The summed E-state index contributed by atoms with van der Waals surface area (Å²) in [5.74, 6) is 2.43. The van der Waals surface area contributed by atoms with Gasteiger partial charge in [0.1, 0.15) is 5.75 Å². The van der Waals surface area contributed by atoms with Crippen molar-refractivity contribution in [1.29, 1.82) is 0 Å². The summed E-state index contributed by atoms with van der Waals surface area (Å²) in [4.78, 5) is 2.50. The SMILES string of the molecule is CN(Cc1ccc(OCCc2ccccc2)cc1)C1C[C@H]2CC(O)C[C@H]2C1. The molecule has 2 aromatic rings. The van der Waals surface area contributed by atoms with Gasteiger partial charge in [-0.2, -0.15) is 0 Å². The van der Waals surface area contributed by atoms with Gasteiger partial charge in [0.25, 0.3) is 0 Å². The molecule has 4 atom stereocenters. The normalized spacial score (nSPS) is 27.1. The van der Waals surface area contributed by atoms with Gasteiger partial charge in [-0.05, 0) is 67.8 Å². The molecule has 3 nitrogen and oxygen atoms in total. The molecule has 4 rings (SSSR count). The third kappa shape index (κ3) is 4.72. The maximum absolute atomic E-state index is 9.82. The Labute approximate surface area is 163 Å².